The van der Waals surface area contributed by atoms with Crippen LogP contribution >= 0.6 is 35.7 Å². The van der Waals surface area contributed by atoms with Crippen LogP contribution in [-0.2, 0) is 9.47 Å². The average Bonchev–Trinajstić information content (AvgIpc) is 3.15. The van der Waals surface area contributed by atoms with Crippen molar-refractivity contribution in [2.24, 2.45) is 10.9 Å². The summed E-state index contributed by atoms with van der Waals surface area (Å²) in [5.74, 6) is 1.85. The minimum Gasteiger partial charge on any atom is -0.381 e. The topological polar surface area (TPSA) is 49.3 Å². The molecule has 3 rings (SSSR count). The zero-order valence-electron chi connectivity index (χ0n) is 17.0. The number of nitrogens with one attached hydrogen (secondary N) is 1. The Morgan fingerprint density at radius 3 is 2.52 bits per heavy atom. The molecule has 3 heterocycles. The number of morpholine rings is 1. The van der Waals surface area contributed by atoms with Gasteiger partial charge in [-0.3, -0.25) is 9.89 Å². The summed E-state index contributed by atoms with van der Waals surface area (Å²) < 4.78 is 11.3. The van der Waals surface area contributed by atoms with Crippen LogP contribution in [0.5, 0.6) is 0 Å². The van der Waals surface area contributed by atoms with Crippen molar-refractivity contribution in [3.8, 4) is 0 Å². The molecule has 158 valence electrons. The van der Waals surface area contributed by atoms with Crippen molar-refractivity contribution in [3.05, 3.63) is 0 Å². The van der Waals surface area contributed by atoms with Gasteiger partial charge in [0.15, 0.2) is 5.96 Å². The van der Waals surface area contributed by atoms with Crippen LogP contribution in [-0.4, -0.2) is 99.0 Å². The standard InChI is InChI=1S/C19H36N4O2S.HI/c1-3-20-18(21-16-19(26-2)5-10-24-11-6-19)23-7-4-17(15-23)14-22-8-12-25-13-9-22;/h17H,3-16H2,1-2H3,(H,20,21);1H. The van der Waals surface area contributed by atoms with Gasteiger partial charge in [0.25, 0.3) is 0 Å². The first-order chi connectivity index (χ1) is 12.7. The van der Waals surface area contributed by atoms with Crippen molar-refractivity contribution in [1.82, 2.24) is 15.1 Å². The maximum Gasteiger partial charge on any atom is 0.193 e. The number of ether oxygens (including phenoxy) is 2. The third-order valence-electron chi connectivity index (χ3n) is 5.89. The normalized spacial score (nSPS) is 26.7. The number of nitrogens with zero attached hydrogens (tertiary/aromatic N) is 3. The van der Waals surface area contributed by atoms with Crippen LogP contribution < -0.4 is 5.32 Å². The maximum absolute atomic E-state index is 5.57. The highest BCUT2D eigenvalue weighted by Crippen LogP contribution is 2.34. The second-order valence-corrected chi connectivity index (χ2v) is 8.96. The molecular formula is C19H37IN4O2S. The number of hydrogen-bond donors (Lipinski definition) is 1. The summed E-state index contributed by atoms with van der Waals surface area (Å²) in [6.07, 6.45) is 5.71. The Bertz CT molecular complexity index is 457. The van der Waals surface area contributed by atoms with E-state index in [0.29, 0.717) is 0 Å². The number of aliphatic imine (C=N–C) groups is 1. The lowest BCUT2D eigenvalue weighted by Crippen LogP contribution is -2.43. The fourth-order valence-corrected chi connectivity index (χ4v) is 4.91. The van der Waals surface area contributed by atoms with Gasteiger partial charge in [0.05, 0.1) is 19.8 Å². The third-order valence-corrected chi connectivity index (χ3v) is 7.30. The van der Waals surface area contributed by atoms with Gasteiger partial charge in [0.2, 0.25) is 0 Å². The Balaban J connectivity index is 0.00000261. The molecule has 27 heavy (non-hydrogen) atoms. The lowest BCUT2D eigenvalue weighted by Gasteiger charge is -2.35. The van der Waals surface area contributed by atoms with Crippen LogP contribution in [0, 0.1) is 5.92 Å². The highest BCUT2D eigenvalue weighted by molar-refractivity contribution is 14.0. The van der Waals surface area contributed by atoms with Crippen molar-refractivity contribution in [3.63, 3.8) is 0 Å². The fraction of sp³-hybridized carbons (Fsp3) is 0.947. The van der Waals surface area contributed by atoms with Crippen molar-refractivity contribution < 1.29 is 9.47 Å². The van der Waals surface area contributed by atoms with Gasteiger partial charge in [-0.1, -0.05) is 0 Å². The monoisotopic (exact) mass is 512 g/mol. The zero-order chi connectivity index (χ0) is 18.2. The minimum absolute atomic E-state index is 0. The highest BCUT2D eigenvalue weighted by Gasteiger charge is 2.33. The van der Waals surface area contributed by atoms with Gasteiger partial charge in [-0.2, -0.15) is 11.8 Å². The van der Waals surface area contributed by atoms with E-state index in [1.165, 1.54) is 13.0 Å². The van der Waals surface area contributed by atoms with Crippen LogP contribution in [0.3, 0.4) is 0 Å². The van der Waals surface area contributed by atoms with Crippen molar-refractivity contribution in [1.29, 1.82) is 0 Å². The molecule has 6 nitrogen and oxygen atoms in total. The van der Waals surface area contributed by atoms with E-state index in [9.17, 15) is 0 Å². The Kier molecular flexibility index (Phi) is 10.5. The molecule has 1 N–H and O–H groups in total. The maximum atomic E-state index is 5.57. The Morgan fingerprint density at radius 2 is 1.85 bits per heavy atom. The summed E-state index contributed by atoms with van der Waals surface area (Å²) in [4.78, 5) is 10.1. The van der Waals surface area contributed by atoms with E-state index in [4.69, 9.17) is 14.5 Å². The first-order valence-corrected chi connectivity index (χ1v) is 11.4. The summed E-state index contributed by atoms with van der Waals surface area (Å²) in [5, 5.41) is 3.53. The number of thioether (sulfide) groups is 1. The molecule has 1 unspecified atom stereocenters. The smallest absolute Gasteiger partial charge is 0.193 e. The molecule has 3 aliphatic rings. The second kappa shape index (κ2) is 12.0. The average molecular weight is 513 g/mol. The molecule has 0 radical (unpaired) electrons. The van der Waals surface area contributed by atoms with E-state index >= 15 is 0 Å². The molecule has 0 aromatic rings. The molecule has 3 aliphatic heterocycles. The predicted molar refractivity (Wildman–Crippen MR) is 125 cm³/mol. The quantitative estimate of drug-likeness (QED) is 0.335. The van der Waals surface area contributed by atoms with Crippen LogP contribution in [0.15, 0.2) is 4.99 Å². The van der Waals surface area contributed by atoms with Gasteiger partial charge in [0.1, 0.15) is 0 Å². The van der Waals surface area contributed by atoms with Crippen LogP contribution in [0.2, 0.25) is 0 Å². The van der Waals surface area contributed by atoms with Crippen molar-refractivity contribution in [2.45, 2.75) is 30.9 Å². The molecule has 1 atom stereocenters. The summed E-state index contributed by atoms with van der Waals surface area (Å²) >= 11 is 1.97. The molecule has 3 fully saturated rings. The largest absolute Gasteiger partial charge is 0.381 e. The number of hydrogen-bond acceptors (Lipinski definition) is 5. The summed E-state index contributed by atoms with van der Waals surface area (Å²) in [6.45, 7) is 13.1. The van der Waals surface area contributed by atoms with Gasteiger partial charge in [0, 0.05) is 57.2 Å². The molecule has 0 amide bonds. The lowest BCUT2D eigenvalue weighted by molar-refractivity contribution is 0.0315. The number of rotatable bonds is 6. The molecule has 0 spiro atoms. The van der Waals surface area contributed by atoms with E-state index in [1.807, 2.05) is 11.8 Å². The lowest BCUT2D eigenvalue weighted by atomic mass is 9.99. The van der Waals surface area contributed by atoms with E-state index < -0.39 is 0 Å². The molecular weight excluding hydrogens is 475 g/mol. The van der Waals surface area contributed by atoms with E-state index in [0.717, 1.165) is 90.4 Å². The molecule has 0 aromatic heterocycles. The summed E-state index contributed by atoms with van der Waals surface area (Å²) in [7, 11) is 0. The van der Waals surface area contributed by atoms with Crippen LogP contribution in [0.25, 0.3) is 0 Å². The van der Waals surface area contributed by atoms with Gasteiger partial charge in [-0.05, 0) is 38.4 Å². The van der Waals surface area contributed by atoms with Crippen molar-refractivity contribution in [2.75, 3.05) is 78.5 Å². The molecule has 3 saturated heterocycles. The fourth-order valence-electron chi connectivity index (χ4n) is 4.14. The molecule has 0 aliphatic carbocycles. The van der Waals surface area contributed by atoms with Crippen LogP contribution in [0.1, 0.15) is 26.2 Å². The van der Waals surface area contributed by atoms with E-state index in [-0.39, 0.29) is 28.7 Å². The van der Waals surface area contributed by atoms with Crippen LogP contribution in [0.4, 0.5) is 0 Å². The zero-order valence-corrected chi connectivity index (χ0v) is 20.1. The Labute approximate surface area is 186 Å². The SMILES string of the molecule is CCNC(=NCC1(SC)CCOCC1)N1CCC(CN2CCOCC2)C1.I. The predicted octanol–water partition coefficient (Wildman–Crippen LogP) is 2.14. The number of halogens is 1. The second-order valence-electron chi connectivity index (χ2n) is 7.68. The van der Waals surface area contributed by atoms with E-state index in [1.54, 1.807) is 0 Å². The van der Waals surface area contributed by atoms with Crippen molar-refractivity contribution >= 4 is 41.7 Å². The summed E-state index contributed by atoms with van der Waals surface area (Å²) in [5.41, 5.74) is 0. The molecule has 0 bridgehead atoms. The van der Waals surface area contributed by atoms with E-state index in [2.05, 4.69) is 28.3 Å². The summed E-state index contributed by atoms with van der Waals surface area (Å²) in [6, 6.07) is 0. The van der Waals surface area contributed by atoms with Gasteiger partial charge < -0.3 is 19.7 Å². The number of guanidine groups is 1. The van der Waals surface area contributed by atoms with Gasteiger partial charge >= 0.3 is 0 Å². The molecule has 0 aromatic carbocycles. The number of likely N-dealkylation sites (tertiary alicyclic amines) is 1. The molecule has 0 saturated carbocycles. The third kappa shape index (κ3) is 6.90. The van der Waals surface area contributed by atoms with Gasteiger partial charge in [-0.25, -0.2) is 0 Å². The Morgan fingerprint density at radius 1 is 1.15 bits per heavy atom. The van der Waals surface area contributed by atoms with Gasteiger partial charge in [-0.15, -0.1) is 24.0 Å². The first kappa shape index (κ1) is 23.5. The minimum atomic E-state index is 0. The molecule has 8 heteroatoms. The highest BCUT2D eigenvalue weighted by atomic mass is 127. The first-order valence-electron chi connectivity index (χ1n) is 10.2. The Hall–Kier alpha value is 0.230.